The fourth-order valence-corrected chi connectivity index (χ4v) is 3.46. The number of thiazole rings is 1. The summed E-state index contributed by atoms with van der Waals surface area (Å²) in [5.74, 6) is -0.0683. The molecular formula is C17H18BrFN2S. The van der Waals surface area contributed by atoms with Gasteiger partial charge in [-0.3, -0.25) is 0 Å². The van der Waals surface area contributed by atoms with Crippen LogP contribution in [0.2, 0.25) is 0 Å². The maximum Gasteiger partial charge on any atom is 0.134 e. The third-order valence-corrected chi connectivity index (χ3v) is 5.51. The molecule has 22 heavy (non-hydrogen) atoms. The molecule has 0 saturated heterocycles. The van der Waals surface area contributed by atoms with E-state index in [-0.39, 0.29) is 11.7 Å². The van der Waals surface area contributed by atoms with Crippen molar-refractivity contribution in [2.45, 2.75) is 20.3 Å². The smallest absolute Gasteiger partial charge is 0.134 e. The number of aromatic nitrogens is 1. The van der Waals surface area contributed by atoms with E-state index >= 15 is 0 Å². The van der Waals surface area contributed by atoms with Crippen molar-refractivity contribution in [3.8, 4) is 0 Å². The van der Waals surface area contributed by atoms with E-state index in [0.29, 0.717) is 16.3 Å². The van der Waals surface area contributed by atoms with Gasteiger partial charge in [-0.1, -0.05) is 42.4 Å². The van der Waals surface area contributed by atoms with Crippen molar-refractivity contribution in [1.29, 1.82) is 0 Å². The van der Waals surface area contributed by atoms with E-state index in [0.717, 1.165) is 21.1 Å². The number of hydrogen-bond acceptors (Lipinski definition) is 3. The predicted octanol–water partition coefficient (Wildman–Crippen LogP) is 6.07. The summed E-state index contributed by atoms with van der Waals surface area (Å²) in [7, 11) is 0. The number of nitrogens with two attached hydrogens (primary N) is 1. The molecule has 0 aliphatic rings. The van der Waals surface area contributed by atoms with Gasteiger partial charge in [-0.15, -0.1) is 11.3 Å². The van der Waals surface area contributed by atoms with Crippen LogP contribution >= 0.6 is 27.3 Å². The zero-order valence-electron chi connectivity index (χ0n) is 12.6. The van der Waals surface area contributed by atoms with Crippen molar-refractivity contribution in [2.24, 2.45) is 5.92 Å². The minimum atomic E-state index is -0.339. The van der Waals surface area contributed by atoms with E-state index in [9.17, 15) is 4.39 Å². The van der Waals surface area contributed by atoms with Crippen molar-refractivity contribution in [1.82, 2.24) is 4.98 Å². The van der Waals surface area contributed by atoms with Gasteiger partial charge in [-0.2, -0.15) is 0 Å². The fourth-order valence-electron chi connectivity index (χ4n) is 1.88. The topological polar surface area (TPSA) is 38.9 Å². The van der Waals surface area contributed by atoms with Gasteiger partial charge in [0.25, 0.3) is 0 Å². The standard InChI is InChI=1S/C17H18BrFN2S/c1-4-10(3)13(18)9-14(19)12(5-2)17-21-15-7-6-11(20)8-16(15)22-17/h5-10H,2,4,20H2,1,3H3/b13-9+,14-12-. The minimum Gasteiger partial charge on any atom is -0.399 e. The molecule has 5 heteroatoms. The van der Waals surface area contributed by atoms with Crippen molar-refractivity contribution < 1.29 is 4.39 Å². The summed E-state index contributed by atoms with van der Waals surface area (Å²) in [5, 5.41) is 0.605. The number of benzene rings is 1. The van der Waals surface area contributed by atoms with Crippen molar-refractivity contribution in [2.75, 3.05) is 5.73 Å². The number of rotatable bonds is 5. The molecule has 0 fully saturated rings. The first-order chi connectivity index (χ1) is 10.5. The van der Waals surface area contributed by atoms with Crippen LogP contribution in [0.1, 0.15) is 25.3 Å². The quantitative estimate of drug-likeness (QED) is 0.504. The van der Waals surface area contributed by atoms with Gasteiger partial charge >= 0.3 is 0 Å². The first kappa shape index (κ1) is 16.9. The number of hydrogen-bond donors (Lipinski definition) is 1. The highest BCUT2D eigenvalue weighted by molar-refractivity contribution is 9.11. The average molecular weight is 381 g/mol. The minimum absolute atomic E-state index is 0.270. The van der Waals surface area contributed by atoms with E-state index in [1.165, 1.54) is 23.5 Å². The van der Waals surface area contributed by atoms with Gasteiger partial charge in [0.2, 0.25) is 0 Å². The summed E-state index contributed by atoms with van der Waals surface area (Å²) in [6.07, 6.45) is 3.95. The van der Waals surface area contributed by atoms with Crippen LogP contribution in [0, 0.1) is 5.92 Å². The van der Waals surface area contributed by atoms with Crippen LogP contribution in [-0.4, -0.2) is 4.98 Å². The molecule has 2 rings (SSSR count). The van der Waals surface area contributed by atoms with Crippen LogP contribution in [-0.2, 0) is 0 Å². The Morgan fingerprint density at radius 3 is 2.91 bits per heavy atom. The Hall–Kier alpha value is -1.46. The molecule has 1 atom stereocenters. The summed E-state index contributed by atoms with van der Waals surface area (Å²) in [5.41, 5.74) is 7.66. The Bertz CT molecular complexity index is 761. The zero-order chi connectivity index (χ0) is 16.3. The van der Waals surface area contributed by atoms with Crippen molar-refractivity contribution in [3.05, 3.63) is 52.2 Å². The zero-order valence-corrected chi connectivity index (χ0v) is 15.0. The normalized spacial score (nSPS) is 14.8. The molecule has 0 spiro atoms. The summed E-state index contributed by atoms with van der Waals surface area (Å²) >= 11 is 4.85. The molecular weight excluding hydrogens is 363 g/mol. The number of halogens is 2. The van der Waals surface area contributed by atoms with Crippen molar-refractivity contribution in [3.63, 3.8) is 0 Å². The second kappa shape index (κ2) is 7.20. The lowest BCUT2D eigenvalue weighted by molar-refractivity contribution is 0.654. The Balaban J connectivity index is 2.48. The highest BCUT2D eigenvalue weighted by Gasteiger charge is 2.12. The van der Waals surface area contributed by atoms with Gasteiger partial charge in [-0.25, -0.2) is 9.37 Å². The van der Waals surface area contributed by atoms with E-state index in [4.69, 9.17) is 5.73 Å². The first-order valence-corrected chi connectivity index (χ1v) is 8.63. The molecule has 1 unspecified atom stereocenters. The second-order valence-corrected chi connectivity index (χ2v) is 7.00. The highest BCUT2D eigenvalue weighted by atomic mass is 79.9. The van der Waals surface area contributed by atoms with Gasteiger partial charge in [0.15, 0.2) is 0 Å². The molecule has 2 N–H and O–H groups in total. The maximum absolute atomic E-state index is 14.6. The van der Waals surface area contributed by atoms with E-state index in [1.807, 2.05) is 19.1 Å². The highest BCUT2D eigenvalue weighted by Crippen LogP contribution is 2.32. The van der Waals surface area contributed by atoms with E-state index < -0.39 is 0 Å². The van der Waals surface area contributed by atoms with Gasteiger partial charge in [0.05, 0.1) is 10.2 Å². The lowest BCUT2D eigenvalue weighted by Crippen LogP contribution is -1.91. The fraction of sp³-hybridized carbons (Fsp3) is 0.235. The number of nitrogens with zero attached hydrogens (tertiary/aromatic N) is 1. The first-order valence-electron chi connectivity index (χ1n) is 7.02. The molecule has 2 nitrogen and oxygen atoms in total. The van der Waals surface area contributed by atoms with Gasteiger partial charge in [0, 0.05) is 15.7 Å². The van der Waals surface area contributed by atoms with Crippen LogP contribution in [0.15, 0.2) is 47.2 Å². The van der Waals surface area contributed by atoms with Crippen LogP contribution in [0.25, 0.3) is 15.8 Å². The third kappa shape index (κ3) is 3.65. The predicted molar refractivity (Wildman–Crippen MR) is 98.7 cm³/mol. The van der Waals surface area contributed by atoms with Crippen LogP contribution in [0.3, 0.4) is 0 Å². The molecule has 0 bridgehead atoms. The molecule has 0 radical (unpaired) electrons. The lowest BCUT2D eigenvalue weighted by atomic mass is 10.1. The third-order valence-electron chi connectivity index (χ3n) is 3.45. The number of fused-ring (bicyclic) bond motifs is 1. The summed E-state index contributed by atoms with van der Waals surface area (Å²) in [4.78, 5) is 4.47. The Kier molecular flexibility index (Phi) is 5.53. The van der Waals surface area contributed by atoms with Crippen LogP contribution < -0.4 is 5.73 Å². The molecule has 0 aliphatic carbocycles. The second-order valence-electron chi connectivity index (χ2n) is 5.05. The average Bonchev–Trinajstić information content (AvgIpc) is 2.89. The molecule has 0 aliphatic heterocycles. The molecule has 1 heterocycles. The van der Waals surface area contributed by atoms with E-state index in [2.05, 4.69) is 34.4 Å². The van der Waals surface area contributed by atoms with E-state index in [1.54, 1.807) is 6.07 Å². The Morgan fingerprint density at radius 2 is 2.27 bits per heavy atom. The monoisotopic (exact) mass is 380 g/mol. The van der Waals surface area contributed by atoms with Gasteiger partial charge < -0.3 is 5.73 Å². The number of nitrogen functional groups attached to an aromatic ring is 1. The molecule has 116 valence electrons. The summed E-state index contributed by atoms with van der Waals surface area (Å²) in [6, 6.07) is 5.48. The van der Waals surface area contributed by atoms with Crippen LogP contribution in [0.5, 0.6) is 0 Å². The molecule has 2 aromatic rings. The van der Waals surface area contributed by atoms with Crippen molar-refractivity contribution >= 4 is 48.7 Å². The number of anilines is 1. The van der Waals surface area contributed by atoms with Crippen LogP contribution in [0.4, 0.5) is 10.1 Å². The SMILES string of the molecule is C=C/C(=C(F)\C=C(\Br)C(C)CC)c1nc2ccc(N)cc2s1. The molecule has 1 aromatic heterocycles. The summed E-state index contributed by atoms with van der Waals surface area (Å²) in [6.45, 7) is 7.82. The Labute approximate surface area is 142 Å². The lowest BCUT2D eigenvalue weighted by Gasteiger charge is -2.07. The molecule has 0 saturated carbocycles. The van der Waals surface area contributed by atoms with Gasteiger partial charge in [0.1, 0.15) is 10.8 Å². The van der Waals surface area contributed by atoms with Gasteiger partial charge in [-0.05, 0) is 36.6 Å². The molecule has 0 amide bonds. The Morgan fingerprint density at radius 1 is 1.55 bits per heavy atom. The summed E-state index contributed by atoms with van der Waals surface area (Å²) < 4.78 is 16.3. The largest absolute Gasteiger partial charge is 0.399 e. The molecule has 1 aromatic carbocycles. The maximum atomic E-state index is 14.6. The number of allylic oxidation sites excluding steroid dienone is 5.